The molecule has 1 aliphatic rings. The molecule has 12 heteroatoms. The van der Waals surface area contributed by atoms with Gasteiger partial charge in [0.15, 0.2) is 0 Å². The van der Waals surface area contributed by atoms with Crippen LogP contribution in [0.15, 0.2) is 42.5 Å². The van der Waals surface area contributed by atoms with Gasteiger partial charge in [0.1, 0.15) is 0 Å². The van der Waals surface area contributed by atoms with Crippen molar-refractivity contribution in [2.24, 2.45) is 5.92 Å². The van der Waals surface area contributed by atoms with Gasteiger partial charge in [-0.1, -0.05) is 30.3 Å². The number of alkyl halides is 6. The van der Waals surface area contributed by atoms with Gasteiger partial charge >= 0.3 is 12.4 Å². The topological polar surface area (TPSA) is 67.4 Å². The van der Waals surface area contributed by atoms with Crippen LogP contribution in [-0.2, 0) is 27.1 Å². The maximum absolute atomic E-state index is 14.1. The molecule has 1 heterocycles. The van der Waals surface area contributed by atoms with Crippen molar-refractivity contribution in [3.05, 3.63) is 59.2 Å². The van der Waals surface area contributed by atoms with Crippen molar-refractivity contribution in [2.45, 2.75) is 31.3 Å². The van der Waals surface area contributed by atoms with E-state index >= 15 is 0 Å². The highest BCUT2D eigenvalue weighted by atomic mass is 32.2. The van der Waals surface area contributed by atoms with Gasteiger partial charge in [-0.25, -0.2) is 13.1 Å². The lowest BCUT2D eigenvalue weighted by Gasteiger charge is -2.27. The van der Waals surface area contributed by atoms with Gasteiger partial charge in [-0.05, 0) is 55.1 Å². The van der Waals surface area contributed by atoms with Crippen LogP contribution in [0.1, 0.15) is 35.6 Å². The van der Waals surface area contributed by atoms with Crippen LogP contribution < -0.4 is 10.0 Å². The fourth-order valence-electron chi connectivity index (χ4n) is 4.01. The quantitative estimate of drug-likeness (QED) is 0.477. The molecule has 0 aliphatic carbocycles. The first kappa shape index (κ1) is 27.4. The number of nitrogens with one attached hydrogen (secondary N) is 2. The largest absolute Gasteiger partial charge is 0.417 e. The zero-order valence-corrected chi connectivity index (χ0v) is 19.7. The number of benzene rings is 2. The number of rotatable bonds is 8. The van der Waals surface area contributed by atoms with Crippen molar-refractivity contribution in [1.29, 1.82) is 0 Å². The molecular formula is C23H26F6N2O3S. The van der Waals surface area contributed by atoms with E-state index in [9.17, 15) is 34.8 Å². The highest BCUT2D eigenvalue weighted by Gasteiger charge is 2.42. The van der Waals surface area contributed by atoms with E-state index in [-0.39, 0.29) is 18.1 Å². The predicted molar refractivity (Wildman–Crippen MR) is 119 cm³/mol. The average molecular weight is 525 g/mol. The molecule has 0 spiro atoms. The number of sulfonamides is 1. The number of piperidine rings is 1. The van der Waals surface area contributed by atoms with E-state index in [2.05, 4.69) is 10.0 Å². The van der Waals surface area contributed by atoms with E-state index < -0.39 is 57.3 Å². The summed E-state index contributed by atoms with van der Waals surface area (Å²) in [6.45, 7) is 0.981. The molecule has 2 aromatic rings. The number of halogens is 6. The summed E-state index contributed by atoms with van der Waals surface area (Å²) in [4.78, 5) is 0. The Morgan fingerprint density at radius 2 is 1.54 bits per heavy atom. The van der Waals surface area contributed by atoms with E-state index in [1.165, 1.54) is 30.3 Å². The molecule has 35 heavy (non-hydrogen) atoms. The minimum Gasteiger partial charge on any atom is -0.372 e. The van der Waals surface area contributed by atoms with Crippen LogP contribution in [-0.4, -0.2) is 40.9 Å². The van der Waals surface area contributed by atoms with Gasteiger partial charge in [0.05, 0.1) is 30.1 Å². The highest BCUT2D eigenvalue weighted by Crippen LogP contribution is 2.46. The fraction of sp³-hybridized carbons (Fsp3) is 0.478. The van der Waals surface area contributed by atoms with Crippen molar-refractivity contribution < 1.29 is 39.5 Å². The first-order chi connectivity index (χ1) is 16.3. The number of hydrogen-bond donors (Lipinski definition) is 2. The van der Waals surface area contributed by atoms with Gasteiger partial charge < -0.3 is 10.1 Å². The normalized spacial score (nSPS) is 16.9. The maximum Gasteiger partial charge on any atom is 0.417 e. The zero-order valence-electron chi connectivity index (χ0n) is 18.8. The van der Waals surface area contributed by atoms with Crippen LogP contribution >= 0.6 is 0 Å². The minimum absolute atomic E-state index is 0.0461. The average Bonchev–Trinajstić information content (AvgIpc) is 2.78. The second kappa shape index (κ2) is 10.9. The Kier molecular flexibility index (Phi) is 8.51. The molecular weight excluding hydrogens is 498 g/mol. The van der Waals surface area contributed by atoms with Crippen LogP contribution in [0.25, 0.3) is 11.1 Å². The Balaban J connectivity index is 2.12. The monoisotopic (exact) mass is 524 g/mol. The van der Waals surface area contributed by atoms with Gasteiger partial charge in [-0.3, -0.25) is 0 Å². The molecule has 1 atom stereocenters. The Bertz CT molecular complexity index is 1060. The van der Waals surface area contributed by atoms with Crippen molar-refractivity contribution >= 4 is 10.0 Å². The molecule has 0 radical (unpaired) electrons. The molecule has 3 rings (SSSR count). The van der Waals surface area contributed by atoms with E-state index in [0.29, 0.717) is 25.2 Å². The first-order valence-corrected chi connectivity index (χ1v) is 12.8. The van der Waals surface area contributed by atoms with Gasteiger partial charge in [0.2, 0.25) is 10.0 Å². The smallest absolute Gasteiger partial charge is 0.372 e. The molecule has 5 nitrogen and oxygen atoms in total. The van der Waals surface area contributed by atoms with Crippen LogP contribution in [0.2, 0.25) is 0 Å². The zero-order chi connectivity index (χ0) is 25.9. The van der Waals surface area contributed by atoms with Crippen molar-refractivity contribution in [3.63, 3.8) is 0 Å². The van der Waals surface area contributed by atoms with Crippen LogP contribution in [0, 0.1) is 5.92 Å². The molecule has 194 valence electrons. The summed E-state index contributed by atoms with van der Waals surface area (Å²) >= 11 is 0. The van der Waals surface area contributed by atoms with Crippen molar-refractivity contribution in [2.75, 3.05) is 32.5 Å². The summed E-state index contributed by atoms with van der Waals surface area (Å²) < 4.78 is 116. The van der Waals surface area contributed by atoms with Gasteiger partial charge in [-0.2, -0.15) is 26.3 Å². The minimum atomic E-state index is -5.11. The summed E-state index contributed by atoms with van der Waals surface area (Å²) in [5.74, 6) is 0.0461. The third-order valence-corrected chi connectivity index (χ3v) is 6.42. The van der Waals surface area contributed by atoms with E-state index in [1.54, 1.807) is 0 Å². The van der Waals surface area contributed by atoms with Crippen molar-refractivity contribution in [3.8, 4) is 11.1 Å². The lowest BCUT2D eigenvalue weighted by Crippen LogP contribution is -2.33. The van der Waals surface area contributed by atoms with Crippen LogP contribution in [0.5, 0.6) is 0 Å². The molecule has 1 aliphatic heterocycles. The third-order valence-electron chi connectivity index (χ3n) is 5.73. The Morgan fingerprint density at radius 1 is 1.00 bits per heavy atom. The summed E-state index contributed by atoms with van der Waals surface area (Å²) in [6, 6.07) is 7.78. The lowest BCUT2D eigenvalue weighted by molar-refractivity contribution is -0.142. The molecule has 1 unspecified atom stereocenters. The van der Waals surface area contributed by atoms with Crippen LogP contribution in [0.3, 0.4) is 0 Å². The summed E-state index contributed by atoms with van der Waals surface area (Å²) in [7, 11) is -3.78. The van der Waals surface area contributed by atoms with Gasteiger partial charge in [0.25, 0.3) is 0 Å². The van der Waals surface area contributed by atoms with Crippen molar-refractivity contribution in [1.82, 2.24) is 10.0 Å². The molecule has 0 amide bonds. The SMILES string of the molecule is CS(=O)(=O)NCC(OCC1CCNCC1)c1cc(C(F)(F)F)c(-c2ccccc2)c(C(F)(F)F)c1. The highest BCUT2D eigenvalue weighted by molar-refractivity contribution is 7.88. The number of ether oxygens (including phenoxy) is 1. The number of hydrogen-bond acceptors (Lipinski definition) is 4. The second-order valence-corrected chi connectivity index (χ2v) is 10.3. The molecule has 1 fully saturated rings. The molecule has 2 aromatic carbocycles. The van der Waals surface area contributed by atoms with E-state index in [1.807, 2.05) is 0 Å². The van der Waals surface area contributed by atoms with E-state index in [0.717, 1.165) is 19.1 Å². The third kappa shape index (κ3) is 7.66. The van der Waals surface area contributed by atoms with Gasteiger partial charge in [-0.15, -0.1) is 0 Å². The molecule has 0 saturated carbocycles. The lowest BCUT2D eigenvalue weighted by atomic mass is 9.90. The first-order valence-electron chi connectivity index (χ1n) is 10.9. The van der Waals surface area contributed by atoms with Gasteiger partial charge in [0, 0.05) is 12.1 Å². The molecule has 0 aromatic heterocycles. The molecule has 0 bridgehead atoms. The predicted octanol–water partition coefficient (Wildman–Crippen LogP) is 5.00. The van der Waals surface area contributed by atoms with Crippen LogP contribution in [0.4, 0.5) is 26.3 Å². The maximum atomic E-state index is 14.1. The fourth-order valence-corrected chi connectivity index (χ4v) is 4.47. The van der Waals surface area contributed by atoms with E-state index in [4.69, 9.17) is 4.74 Å². The molecule has 1 saturated heterocycles. The summed E-state index contributed by atoms with van der Waals surface area (Å²) in [5, 5.41) is 3.15. The second-order valence-electron chi connectivity index (χ2n) is 8.49. The Labute approximate surface area is 199 Å². The Hall–Kier alpha value is -2.15. The summed E-state index contributed by atoms with van der Waals surface area (Å²) in [6.07, 6.45) is -9.28. The summed E-state index contributed by atoms with van der Waals surface area (Å²) in [5.41, 5.74) is -4.57. The molecule has 2 N–H and O–H groups in total. The standard InChI is InChI=1S/C23H26F6N2O3S/c1-35(32,33)31-13-20(34-14-15-7-9-30-10-8-15)17-11-18(22(24,25)26)21(16-5-3-2-4-6-16)19(12-17)23(27,28)29/h2-6,11-12,15,20,30-31H,7-10,13-14H2,1H3. The Morgan fingerprint density at radius 3 is 2.03 bits per heavy atom.